The van der Waals surface area contributed by atoms with Gasteiger partial charge < -0.3 is 19.6 Å². The summed E-state index contributed by atoms with van der Waals surface area (Å²) in [5.74, 6) is 0.0852. The first-order valence-corrected chi connectivity index (χ1v) is 15.3. The van der Waals surface area contributed by atoms with Gasteiger partial charge in [0.2, 0.25) is 5.91 Å². The van der Waals surface area contributed by atoms with Crippen LogP contribution in [-0.4, -0.2) is 77.4 Å². The SMILES string of the molecule is CCCCCCc1ccc(C(=O)N2CCC3(CC2)C(=O)N(CC(=O)N2CCCCC2)CN3c2ccccc2)cc1. The molecule has 0 bridgehead atoms. The number of likely N-dealkylation sites (tertiary alicyclic amines) is 2. The molecule has 5 rings (SSSR count). The minimum atomic E-state index is -0.733. The molecule has 0 unspecified atom stereocenters. The molecular formula is C33H44N4O3. The van der Waals surface area contributed by atoms with Crippen molar-refractivity contribution in [3.05, 3.63) is 65.7 Å². The average Bonchev–Trinajstić information content (AvgIpc) is 3.26. The first-order chi connectivity index (χ1) is 19.5. The van der Waals surface area contributed by atoms with Crippen molar-refractivity contribution < 1.29 is 14.4 Å². The molecule has 3 amide bonds. The standard InChI is InChI=1S/C33H44N4O3/c1-2-3-4-7-12-27-15-17-28(18-16-27)31(39)35-23-19-33(20-24-35)32(40)36(25-30(38)34-21-10-6-11-22-34)26-37(33)29-13-8-5-9-14-29/h5,8-9,13-18H,2-4,6-7,10-12,19-26H2,1H3. The Morgan fingerprint density at radius 1 is 0.800 bits per heavy atom. The molecule has 3 aliphatic heterocycles. The molecule has 2 aromatic rings. The van der Waals surface area contributed by atoms with Crippen molar-refractivity contribution in [2.24, 2.45) is 0 Å². The topological polar surface area (TPSA) is 64.2 Å². The van der Waals surface area contributed by atoms with Crippen LogP contribution in [0, 0.1) is 0 Å². The molecule has 7 heteroatoms. The summed E-state index contributed by atoms with van der Waals surface area (Å²) in [5, 5.41) is 0. The lowest BCUT2D eigenvalue weighted by molar-refractivity contribution is -0.141. The van der Waals surface area contributed by atoms with Crippen LogP contribution in [0.25, 0.3) is 0 Å². The number of hydrogen-bond donors (Lipinski definition) is 0. The normalized spacial score (nSPS) is 19.0. The van der Waals surface area contributed by atoms with E-state index in [9.17, 15) is 14.4 Å². The number of carbonyl (C=O) groups is 3. The molecule has 3 heterocycles. The summed E-state index contributed by atoms with van der Waals surface area (Å²) in [7, 11) is 0. The van der Waals surface area contributed by atoms with E-state index in [1.807, 2.05) is 52.3 Å². The Morgan fingerprint density at radius 3 is 2.17 bits per heavy atom. The van der Waals surface area contributed by atoms with Crippen LogP contribution in [0.2, 0.25) is 0 Å². The van der Waals surface area contributed by atoms with Crippen LogP contribution in [0.3, 0.4) is 0 Å². The largest absolute Gasteiger partial charge is 0.341 e. The number of amides is 3. The monoisotopic (exact) mass is 544 g/mol. The number of rotatable bonds is 9. The van der Waals surface area contributed by atoms with Crippen LogP contribution >= 0.6 is 0 Å². The van der Waals surface area contributed by atoms with Gasteiger partial charge in [-0.3, -0.25) is 14.4 Å². The molecule has 3 saturated heterocycles. The fourth-order valence-electron chi connectivity index (χ4n) is 6.56. The van der Waals surface area contributed by atoms with E-state index in [0.29, 0.717) is 38.2 Å². The van der Waals surface area contributed by atoms with Gasteiger partial charge in [0, 0.05) is 37.4 Å². The summed E-state index contributed by atoms with van der Waals surface area (Å²) in [5.41, 5.74) is 2.24. The maximum atomic E-state index is 14.0. The van der Waals surface area contributed by atoms with Crippen molar-refractivity contribution in [3.8, 4) is 0 Å². The molecule has 3 aliphatic rings. The lowest BCUT2D eigenvalue weighted by Crippen LogP contribution is -2.57. The highest BCUT2D eigenvalue weighted by atomic mass is 16.2. The molecule has 214 valence electrons. The fraction of sp³-hybridized carbons (Fsp3) is 0.545. The van der Waals surface area contributed by atoms with Crippen molar-refractivity contribution >= 4 is 23.4 Å². The summed E-state index contributed by atoms with van der Waals surface area (Å²) in [6, 6.07) is 18.1. The highest BCUT2D eigenvalue weighted by Gasteiger charge is 2.54. The number of para-hydroxylation sites is 1. The summed E-state index contributed by atoms with van der Waals surface area (Å²) in [6.45, 7) is 5.34. The van der Waals surface area contributed by atoms with Crippen molar-refractivity contribution in [2.45, 2.75) is 76.7 Å². The second-order valence-corrected chi connectivity index (χ2v) is 11.7. The fourth-order valence-corrected chi connectivity index (χ4v) is 6.56. The van der Waals surface area contributed by atoms with Gasteiger partial charge in [-0.25, -0.2) is 0 Å². The summed E-state index contributed by atoms with van der Waals surface area (Å²) < 4.78 is 0. The maximum absolute atomic E-state index is 14.0. The van der Waals surface area contributed by atoms with Crippen LogP contribution < -0.4 is 4.90 Å². The van der Waals surface area contributed by atoms with E-state index in [2.05, 4.69) is 24.0 Å². The number of aryl methyl sites for hydroxylation is 1. The van der Waals surface area contributed by atoms with E-state index in [1.165, 1.54) is 31.2 Å². The number of hydrogen-bond acceptors (Lipinski definition) is 4. The van der Waals surface area contributed by atoms with Crippen LogP contribution in [0.1, 0.15) is 80.6 Å². The smallest absolute Gasteiger partial charge is 0.253 e. The van der Waals surface area contributed by atoms with E-state index < -0.39 is 5.54 Å². The van der Waals surface area contributed by atoms with Gasteiger partial charge in [-0.1, -0.05) is 56.5 Å². The lowest BCUT2D eigenvalue weighted by atomic mass is 9.85. The van der Waals surface area contributed by atoms with Crippen molar-refractivity contribution in [2.75, 3.05) is 44.3 Å². The molecule has 40 heavy (non-hydrogen) atoms. The number of anilines is 1. The summed E-state index contributed by atoms with van der Waals surface area (Å²) >= 11 is 0. The van der Waals surface area contributed by atoms with Crippen LogP contribution in [0.15, 0.2) is 54.6 Å². The third-order valence-electron chi connectivity index (χ3n) is 9.01. The Hall–Kier alpha value is -3.35. The third kappa shape index (κ3) is 6.03. The van der Waals surface area contributed by atoms with E-state index in [4.69, 9.17) is 0 Å². The van der Waals surface area contributed by atoms with Crippen LogP contribution in [-0.2, 0) is 16.0 Å². The lowest BCUT2D eigenvalue weighted by Gasteiger charge is -2.43. The molecule has 0 aliphatic carbocycles. The summed E-state index contributed by atoms with van der Waals surface area (Å²) in [6.07, 6.45) is 10.3. The van der Waals surface area contributed by atoms with Crippen molar-refractivity contribution in [1.29, 1.82) is 0 Å². The number of unbranched alkanes of at least 4 members (excludes halogenated alkanes) is 3. The Labute approximate surface area is 239 Å². The van der Waals surface area contributed by atoms with Gasteiger partial charge in [0.15, 0.2) is 0 Å². The van der Waals surface area contributed by atoms with Gasteiger partial charge in [-0.15, -0.1) is 0 Å². The number of nitrogens with zero attached hydrogens (tertiary/aromatic N) is 4. The minimum Gasteiger partial charge on any atom is -0.341 e. The van der Waals surface area contributed by atoms with Crippen molar-refractivity contribution in [1.82, 2.24) is 14.7 Å². The molecule has 1 spiro atoms. The van der Waals surface area contributed by atoms with Crippen LogP contribution in [0.4, 0.5) is 5.69 Å². The van der Waals surface area contributed by atoms with E-state index >= 15 is 0 Å². The number of piperidine rings is 2. The molecule has 0 N–H and O–H groups in total. The van der Waals surface area contributed by atoms with Gasteiger partial charge in [0.1, 0.15) is 12.1 Å². The van der Waals surface area contributed by atoms with Gasteiger partial charge in [0.25, 0.3) is 11.8 Å². The van der Waals surface area contributed by atoms with Gasteiger partial charge >= 0.3 is 0 Å². The zero-order valence-corrected chi connectivity index (χ0v) is 24.0. The Bertz CT molecular complexity index is 1150. The third-order valence-corrected chi connectivity index (χ3v) is 9.01. The number of benzene rings is 2. The average molecular weight is 545 g/mol. The predicted molar refractivity (Wildman–Crippen MR) is 158 cm³/mol. The van der Waals surface area contributed by atoms with Crippen molar-refractivity contribution in [3.63, 3.8) is 0 Å². The van der Waals surface area contributed by atoms with Gasteiger partial charge in [-0.2, -0.15) is 0 Å². The quantitative estimate of drug-likeness (QED) is 0.412. The Kier molecular flexibility index (Phi) is 9.08. The van der Waals surface area contributed by atoms with Crippen LogP contribution in [0.5, 0.6) is 0 Å². The molecular weight excluding hydrogens is 500 g/mol. The Balaban J connectivity index is 1.26. The van der Waals surface area contributed by atoms with E-state index in [-0.39, 0.29) is 24.3 Å². The molecule has 0 atom stereocenters. The first-order valence-electron chi connectivity index (χ1n) is 15.3. The Morgan fingerprint density at radius 2 is 1.50 bits per heavy atom. The highest BCUT2D eigenvalue weighted by molar-refractivity contribution is 5.97. The molecule has 0 saturated carbocycles. The number of carbonyl (C=O) groups excluding carboxylic acids is 3. The highest BCUT2D eigenvalue weighted by Crippen LogP contribution is 2.39. The zero-order valence-electron chi connectivity index (χ0n) is 24.0. The predicted octanol–water partition coefficient (Wildman–Crippen LogP) is 5.10. The zero-order chi connectivity index (χ0) is 28.0. The van der Waals surface area contributed by atoms with E-state index in [0.717, 1.165) is 44.5 Å². The second kappa shape index (κ2) is 12.9. The molecule has 0 radical (unpaired) electrons. The summed E-state index contributed by atoms with van der Waals surface area (Å²) in [4.78, 5) is 48.2. The van der Waals surface area contributed by atoms with E-state index in [1.54, 1.807) is 4.90 Å². The van der Waals surface area contributed by atoms with Gasteiger partial charge in [-0.05, 0) is 74.8 Å². The first kappa shape index (κ1) is 28.2. The maximum Gasteiger partial charge on any atom is 0.253 e. The molecule has 3 fully saturated rings. The molecule has 2 aromatic carbocycles. The molecule has 7 nitrogen and oxygen atoms in total. The van der Waals surface area contributed by atoms with Gasteiger partial charge in [0.05, 0.1) is 6.67 Å². The molecule has 0 aromatic heterocycles. The second-order valence-electron chi connectivity index (χ2n) is 11.7. The minimum absolute atomic E-state index is 0.0150.